The Kier molecular flexibility index (Phi) is 4.35. The maximum Gasteiger partial charge on any atom is 0.121 e. The van der Waals surface area contributed by atoms with E-state index in [1.807, 2.05) is 27.7 Å². The summed E-state index contributed by atoms with van der Waals surface area (Å²) in [5.74, 6) is 0.710. The molecular formula is C32H28O2. The van der Waals surface area contributed by atoms with Gasteiger partial charge in [0, 0.05) is 5.41 Å². The summed E-state index contributed by atoms with van der Waals surface area (Å²) in [5, 5.41) is 26.4. The van der Waals surface area contributed by atoms with E-state index in [9.17, 15) is 10.2 Å². The maximum atomic E-state index is 10.6. The van der Waals surface area contributed by atoms with Gasteiger partial charge in [0.2, 0.25) is 0 Å². The van der Waals surface area contributed by atoms with E-state index >= 15 is 0 Å². The number of phenols is 2. The summed E-state index contributed by atoms with van der Waals surface area (Å²) < 4.78 is 0. The lowest BCUT2D eigenvalue weighted by molar-refractivity contribution is 0.464. The van der Waals surface area contributed by atoms with Crippen LogP contribution in [0.25, 0.3) is 21.5 Å². The average molecular weight is 445 g/mol. The highest BCUT2D eigenvalue weighted by molar-refractivity contribution is 6.12. The van der Waals surface area contributed by atoms with Crippen LogP contribution in [0.4, 0.5) is 0 Å². The van der Waals surface area contributed by atoms with E-state index in [2.05, 4.69) is 72.8 Å². The van der Waals surface area contributed by atoms with Crippen LogP contribution < -0.4 is 0 Å². The second kappa shape index (κ2) is 7.11. The molecule has 0 aromatic heterocycles. The van der Waals surface area contributed by atoms with Crippen molar-refractivity contribution in [2.45, 2.75) is 39.5 Å². The van der Waals surface area contributed by atoms with Crippen molar-refractivity contribution in [1.82, 2.24) is 0 Å². The monoisotopic (exact) mass is 444 g/mol. The second-order valence-corrected chi connectivity index (χ2v) is 9.98. The van der Waals surface area contributed by atoms with Crippen LogP contribution in [-0.4, -0.2) is 10.2 Å². The van der Waals surface area contributed by atoms with Crippen LogP contribution in [-0.2, 0) is 11.8 Å². The molecule has 0 amide bonds. The highest BCUT2D eigenvalue weighted by atomic mass is 16.3. The summed E-state index contributed by atoms with van der Waals surface area (Å²) in [4.78, 5) is 0. The van der Waals surface area contributed by atoms with Crippen LogP contribution in [0.3, 0.4) is 0 Å². The van der Waals surface area contributed by atoms with Gasteiger partial charge in [-0.3, -0.25) is 0 Å². The van der Waals surface area contributed by atoms with Gasteiger partial charge in [-0.15, -0.1) is 0 Å². The van der Waals surface area contributed by atoms with Crippen molar-refractivity contribution in [3.63, 3.8) is 0 Å². The normalized spacial score (nSPS) is 14.2. The summed E-state index contributed by atoms with van der Waals surface area (Å²) in [7, 11) is 0. The van der Waals surface area contributed by atoms with Gasteiger partial charge in [0.05, 0.1) is 0 Å². The predicted molar refractivity (Wildman–Crippen MR) is 140 cm³/mol. The molecule has 2 N–H and O–H groups in total. The number of phenolic OH excluding ortho intramolecular Hbond substituents is 2. The molecule has 5 aromatic carbocycles. The lowest BCUT2D eigenvalue weighted by Gasteiger charge is -2.41. The Morgan fingerprint density at radius 1 is 0.588 bits per heavy atom. The van der Waals surface area contributed by atoms with E-state index in [0.717, 1.165) is 28.7 Å². The fourth-order valence-corrected chi connectivity index (χ4v) is 6.20. The number of benzene rings is 5. The topological polar surface area (TPSA) is 40.5 Å². The number of aromatic hydroxyl groups is 2. The molecule has 0 spiro atoms. The van der Waals surface area contributed by atoms with Crippen LogP contribution >= 0.6 is 0 Å². The van der Waals surface area contributed by atoms with E-state index < -0.39 is 5.41 Å². The molecule has 0 heterocycles. The Morgan fingerprint density at radius 3 is 1.59 bits per heavy atom. The minimum atomic E-state index is -0.450. The largest absolute Gasteiger partial charge is 0.507 e. The smallest absolute Gasteiger partial charge is 0.121 e. The third-order valence-corrected chi connectivity index (χ3v) is 7.86. The van der Waals surface area contributed by atoms with Gasteiger partial charge in [-0.2, -0.15) is 0 Å². The first-order valence-electron chi connectivity index (χ1n) is 11.9. The SMILES string of the molecule is Cc1cc(C2(c3cc(C)c(O)c(C)c3)Cc3cccc4ccc5cccc2c5c34)cc(C)c1O. The van der Waals surface area contributed by atoms with Crippen molar-refractivity contribution >= 4 is 21.5 Å². The van der Waals surface area contributed by atoms with E-state index in [-0.39, 0.29) is 0 Å². The third kappa shape index (κ3) is 2.69. The first kappa shape index (κ1) is 20.8. The fourth-order valence-electron chi connectivity index (χ4n) is 6.20. The van der Waals surface area contributed by atoms with E-state index in [0.29, 0.717) is 11.5 Å². The van der Waals surface area contributed by atoms with Crippen LogP contribution in [0.2, 0.25) is 0 Å². The Hall–Kier alpha value is -3.78. The summed E-state index contributed by atoms with van der Waals surface area (Å²) in [5.41, 5.74) is 8.02. The molecule has 0 unspecified atom stereocenters. The van der Waals surface area contributed by atoms with E-state index in [1.54, 1.807) is 0 Å². The van der Waals surface area contributed by atoms with Gasteiger partial charge >= 0.3 is 0 Å². The summed E-state index contributed by atoms with van der Waals surface area (Å²) in [6.45, 7) is 7.91. The molecule has 0 atom stereocenters. The molecule has 0 bridgehead atoms. The molecule has 2 heteroatoms. The number of hydrogen-bond donors (Lipinski definition) is 2. The molecule has 0 saturated heterocycles. The highest BCUT2D eigenvalue weighted by Gasteiger charge is 2.42. The van der Waals surface area contributed by atoms with Crippen LogP contribution in [0.5, 0.6) is 11.5 Å². The molecule has 0 radical (unpaired) electrons. The first-order valence-corrected chi connectivity index (χ1v) is 11.9. The Balaban J connectivity index is 1.84. The minimum absolute atomic E-state index is 0.355. The van der Waals surface area contributed by atoms with Crippen molar-refractivity contribution in [3.8, 4) is 11.5 Å². The number of rotatable bonds is 2. The van der Waals surface area contributed by atoms with Crippen LogP contribution in [0.1, 0.15) is 44.5 Å². The molecular weight excluding hydrogens is 416 g/mol. The van der Waals surface area contributed by atoms with Crippen LogP contribution in [0.15, 0.2) is 72.8 Å². The molecule has 1 aliphatic rings. The molecule has 5 aromatic rings. The Labute approximate surface area is 200 Å². The summed E-state index contributed by atoms with van der Waals surface area (Å²) in [6, 6.07) is 26.3. The van der Waals surface area contributed by atoms with E-state index in [1.165, 1.54) is 43.8 Å². The molecule has 0 saturated carbocycles. The zero-order chi connectivity index (χ0) is 23.8. The number of aryl methyl sites for hydroxylation is 4. The number of hydrogen-bond acceptors (Lipinski definition) is 2. The summed E-state index contributed by atoms with van der Waals surface area (Å²) in [6.07, 6.45) is 0.813. The average Bonchev–Trinajstić information content (AvgIpc) is 2.83. The third-order valence-electron chi connectivity index (χ3n) is 7.86. The predicted octanol–water partition coefficient (Wildman–Crippen LogP) is 7.53. The first-order chi connectivity index (χ1) is 16.3. The van der Waals surface area contributed by atoms with Gasteiger partial charge in [-0.05, 0) is 100 Å². The highest BCUT2D eigenvalue weighted by Crippen LogP contribution is 2.52. The fraction of sp³-hybridized carbons (Fsp3) is 0.188. The Bertz CT molecular complexity index is 1540. The zero-order valence-electron chi connectivity index (χ0n) is 20.0. The van der Waals surface area contributed by atoms with Crippen molar-refractivity contribution < 1.29 is 10.2 Å². The lowest BCUT2D eigenvalue weighted by Crippen LogP contribution is -2.35. The molecule has 0 aliphatic heterocycles. The molecule has 34 heavy (non-hydrogen) atoms. The lowest BCUT2D eigenvalue weighted by atomic mass is 9.61. The molecule has 0 fully saturated rings. The molecule has 1 aliphatic carbocycles. The second-order valence-electron chi connectivity index (χ2n) is 9.98. The van der Waals surface area contributed by atoms with Gasteiger partial charge in [0.15, 0.2) is 0 Å². The standard InChI is InChI=1S/C32H28O2/c1-18-13-25(14-19(2)30(18)33)32(26-15-20(3)31(34)21(4)16-26)17-24-9-5-7-22-11-12-23-8-6-10-27(32)29(23)28(22)24/h5-16,33-34H,17H2,1-4H3. The van der Waals surface area contributed by atoms with Crippen LogP contribution in [0, 0.1) is 27.7 Å². The Morgan fingerprint density at radius 2 is 1.06 bits per heavy atom. The van der Waals surface area contributed by atoms with Gasteiger partial charge in [0.25, 0.3) is 0 Å². The van der Waals surface area contributed by atoms with Crippen molar-refractivity contribution in [2.24, 2.45) is 0 Å². The molecule has 168 valence electrons. The van der Waals surface area contributed by atoms with Gasteiger partial charge < -0.3 is 10.2 Å². The van der Waals surface area contributed by atoms with Gasteiger partial charge in [0.1, 0.15) is 11.5 Å². The quantitative estimate of drug-likeness (QED) is 0.276. The summed E-state index contributed by atoms with van der Waals surface area (Å²) >= 11 is 0. The van der Waals surface area contributed by atoms with Gasteiger partial charge in [-0.25, -0.2) is 0 Å². The van der Waals surface area contributed by atoms with Crippen molar-refractivity contribution in [2.75, 3.05) is 0 Å². The van der Waals surface area contributed by atoms with E-state index in [4.69, 9.17) is 0 Å². The molecule has 6 rings (SSSR count). The van der Waals surface area contributed by atoms with Crippen molar-refractivity contribution in [1.29, 1.82) is 0 Å². The zero-order valence-corrected chi connectivity index (χ0v) is 20.0. The minimum Gasteiger partial charge on any atom is -0.507 e. The van der Waals surface area contributed by atoms with Gasteiger partial charge in [-0.1, -0.05) is 72.8 Å². The molecule has 2 nitrogen and oxygen atoms in total. The van der Waals surface area contributed by atoms with Crippen molar-refractivity contribution in [3.05, 3.63) is 117 Å². The maximum absolute atomic E-state index is 10.6.